The Morgan fingerprint density at radius 2 is 2.00 bits per heavy atom. The van der Waals surface area contributed by atoms with Crippen molar-refractivity contribution in [1.82, 2.24) is 4.98 Å². The highest BCUT2D eigenvalue weighted by Crippen LogP contribution is 2.36. The number of pyridine rings is 1. The van der Waals surface area contributed by atoms with Crippen LogP contribution in [0.3, 0.4) is 0 Å². The second kappa shape index (κ2) is 6.09. The van der Waals surface area contributed by atoms with Gasteiger partial charge in [0.05, 0.1) is 27.0 Å². The minimum atomic E-state index is -0.362. The molecular weight excluding hydrogens is 303 g/mol. The number of hydrogen-bond donors (Lipinski definition) is 1. The summed E-state index contributed by atoms with van der Waals surface area (Å²) in [5.74, 6) is 0.695. The van der Waals surface area contributed by atoms with Gasteiger partial charge in [0.25, 0.3) is 0 Å². The quantitative estimate of drug-likeness (QED) is 0.915. The summed E-state index contributed by atoms with van der Waals surface area (Å²) in [4.78, 5) is 4.14. The molecule has 19 heavy (non-hydrogen) atoms. The van der Waals surface area contributed by atoms with E-state index in [1.807, 2.05) is 19.9 Å². The van der Waals surface area contributed by atoms with Crippen LogP contribution in [0.15, 0.2) is 24.5 Å². The first kappa shape index (κ1) is 14.6. The topological polar surface area (TPSA) is 48.1 Å². The van der Waals surface area contributed by atoms with E-state index in [-0.39, 0.29) is 12.1 Å². The molecule has 2 aromatic heterocycles. The van der Waals surface area contributed by atoms with Crippen LogP contribution < -0.4 is 10.5 Å². The smallest absolute Gasteiger partial charge is 0.138 e. The van der Waals surface area contributed by atoms with Gasteiger partial charge in [-0.1, -0.05) is 23.2 Å². The van der Waals surface area contributed by atoms with E-state index in [9.17, 15) is 0 Å². The van der Waals surface area contributed by atoms with E-state index in [4.69, 9.17) is 33.7 Å². The molecular formula is C13H14Cl2N2OS. The summed E-state index contributed by atoms with van der Waals surface area (Å²) in [5, 5.41) is 0. The molecule has 0 aliphatic heterocycles. The van der Waals surface area contributed by atoms with E-state index in [1.54, 1.807) is 18.5 Å². The Morgan fingerprint density at radius 1 is 1.26 bits per heavy atom. The summed E-state index contributed by atoms with van der Waals surface area (Å²) in [6, 6.07) is 3.30. The predicted octanol–water partition coefficient (Wildman–Crippen LogP) is 4.29. The maximum atomic E-state index is 6.20. The first-order chi connectivity index (χ1) is 8.97. The molecule has 0 aliphatic carbocycles. The number of rotatable bonds is 4. The third-order valence-electron chi connectivity index (χ3n) is 2.48. The average molecular weight is 317 g/mol. The van der Waals surface area contributed by atoms with Gasteiger partial charge in [-0.2, -0.15) is 0 Å². The molecule has 0 spiro atoms. The van der Waals surface area contributed by atoms with E-state index in [0.29, 0.717) is 14.4 Å². The molecule has 6 heteroatoms. The van der Waals surface area contributed by atoms with Crippen LogP contribution >= 0.6 is 34.5 Å². The lowest BCUT2D eigenvalue weighted by Crippen LogP contribution is -2.13. The number of nitrogens with two attached hydrogens (primary N) is 1. The monoisotopic (exact) mass is 316 g/mol. The largest absolute Gasteiger partial charge is 0.489 e. The molecule has 1 atom stereocenters. The Morgan fingerprint density at radius 3 is 2.58 bits per heavy atom. The fourth-order valence-electron chi connectivity index (χ4n) is 1.69. The molecule has 0 radical (unpaired) electrons. The summed E-state index contributed by atoms with van der Waals surface area (Å²) in [7, 11) is 0. The second-order valence-corrected chi connectivity index (χ2v) is 6.66. The maximum Gasteiger partial charge on any atom is 0.138 e. The van der Waals surface area contributed by atoms with Crippen molar-refractivity contribution in [3.05, 3.63) is 44.3 Å². The molecule has 0 bridgehead atoms. The summed E-state index contributed by atoms with van der Waals surface area (Å²) in [5.41, 5.74) is 7.85. The lowest BCUT2D eigenvalue weighted by atomic mass is 10.0. The minimum absolute atomic E-state index is 0.0902. The van der Waals surface area contributed by atoms with E-state index < -0.39 is 0 Å². The SMILES string of the molecule is CC(C)Oc1cncc(C(N)c2cc(Cl)sc2Cl)c1. The molecule has 2 rings (SSSR count). The molecule has 2 heterocycles. The van der Waals surface area contributed by atoms with Gasteiger partial charge in [-0.3, -0.25) is 4.98 Å². The molecule has 102 valence electrons. The predicted molar refractivity (Wildman–Crippen MR) is 80.4 cm³/mol. The highest BCUT2D eigenvalue weighted by Gasteiger charge is 2.16. The Hall–Kier alpha value is -0.810. The lowest BCUT2D eigenvalue weighted by molar-refractivity contribution is 0.241. The molecule has 0 aromatic carbocycles. The van der Waals surface area contributed by atoms with Gasteiger partial charge in [0, 0.05) is 11.8 Å². The Bertz CT molecular complexity index is 572. The number of nitrogens with zero attached hydrogens (tertiary/aromatic N) is 1. The molecule has 0 fully saturated rings. The van der Waals surface area contributed by atoms with Crippen molar-refractivity contribution >= 4 is 34.5 Å². The zero-order valence-electron chi connectivity index (χ0n) is 10.6. The third-order valence-corrected chi connectivity index (χ3v) is 4.00. The van der Waals surface area contributed by atoms with Gasteiger partial charge in [-0.25, -0.2) is 0 Å². The average Bonchev–Trinajstić information content (AvgIpc) is 2.67. The van der Waals surface area contributed by atoms with Crippen LogP contribution in [0, 0.1) is 0 Å². The number of halogens is 2. The van der Waals surface area contributed by atoms with Gasteiger partial charge >= 0.3 is 0 Å². The van der Waals surface area contributed by atoms with Crippen LogP contribution in [0.25, 0.3) is 0 Å². The number of thiophene rings is 1. The van der Waals surface area contributed by atoms with Crippen molar-refractivity contribution in [3.63, 3.8) is 0 Å². The van der Waals surface area contributed by atoms with Crippen LogP contribution in [0.5, 0.6) is 5.75 Å². The lowest BCUT2D eigenvalue weighted by Gasteiger charge is -2.14. The first-order valence-electron chi connectivity index (χ1n) is 5.79. The van der Waals surface area contributed by atoms with E-state index >= 15 is 0 Å². The van der Waals surface area contributed by atoms with Crippen molar-refractivity contribution in [2.24, 2.45) is 5.73 Å². The van der Waals surface area contributed by atoms with Crippen LogP contribution in [-0.4, -0.2) is 11.1 Å². The van der Waals surface area contributed by atoms with Gasteiger partial charge in [0.2, 0.25) is 0 Å². The van der Waals surface area contributed by atoms with E-state index in [2.05, 4.69) is 4.98 Å². The minimum Gasteiger partial charge on any atom is -0.489 e. The van der Waals surface area contributed by atoms with E-state index in [1.165, 1.54) is 11.3 Å². The molecule has 0 saturated heterocycles. The van der Waals surface area contributed by atoms with Gasteiger partial charge in [-0.05, 0) is 31.5 Å². The number of aromatic nitrogens is 1. The fourth-order valence-corrected chi connectivity index (χ4v) is 3.24. The normalized spacial score (nSPS) is 12.7. The van der Waals surface area contributed by atoms with Crippen molar-refractivity contribution in [2.45, 2.75) is 26.0 Å². The molecule has 2 N–H and O–H groups in total. The standard InChI is InChI=1S/C13H14Cl2N2OS/c1-7(2)18-9-3-8(5-17-6-9)12(16)10-4-11(14)19-13(10)15/h3-7,12H,16H2,1-2H3. The van der Waals surface area contributed by atoms with Gasteiger partial charge in [-0.15, -0.1) is 11.3 Å². The Balaban J connectivity index is 2.28. The highest BCUT2D eigenvalue weighted by atomic mass is 35.5. The van der Waals surface area contributed by atoms with E-state index in [0.717, 1.165) is 11.1 Å². The van der Waals surface area contributed by atoms with Gasteiger partial charge in [0.1, 0.15) is 5.75 Å². The zero-order valence-corrected chi connectivity index (χ0v) is 12.9. The molecule has 0 aliphatic rings. The van der Waals surface area contributed by atoms with Crippen molar-refractivity contribution < 1.29 is 4.74 Å². The van der Waals surface area contributed by atoms with Crippen molar-refractivity contribution in [2.75, 3.05) is 0 Å². The molecule has 1 unspecified atom stereocenters. The number of hydrogen-bond acceptors (Lipinski definition) is 4. The molecule has 0 amide bonds. The number of ether oxygens (including phenoxy) is 1. The van der Waals surface area contributed by atoms with Gasteiger partial charge in [0.15, 0.2) is 0 Å². The van der Waals surface area contributed by atoms with Gasteiger partial charge < -0.3 is 10.5 Å². The van der Waals surface area contributed by atoms with Crippen LogP contribution in [-0.2, 0) is 0 Å². The summed E-state index contributed by atoms with van der Waals surface area (Å²) in [6.45, 7) is 3.92. The van der Waals surface area contributed by atoms with Crippen molar-refractivity contribution in [1.29, 1.82) is 0 Å². The molecule has 3 nitrogen and oxygen atoms in total. The second-order valence-electron chi connectivity index (χ2n) is 4.38. The highest BCUT2D eigenvalue weighted by molar-refractivity contribution is 7.20. The summed E-state index contributed by atoms with van der Waals surface area (Å²) in [6.07, 6.45) is 3.46. The molecule has 2 aromatic rings. The Labute approximate surface area is 126 Å². The molecule has 0 saturated carbocycles. The zero-order chi connectivity index (χ0) is 14.0. The Kier molecular flexibility index (Phi) is 4.68. The van der Waals surface area contributed by atoms with Crippen molar-refractivity contribution in [3.8, 4) is 5.75 Å². The van der Waals surface area contributed by atoms with Crippen LogP contribution in [0.1, 0.15) is 31.0 Å². The third kappa shape index (κ3) is 3.60. The maximum absolute atomic E-state index is 6.20. The first-order valence-corrected chi connectivity index (χ1v) is 7.36. The fraction of sp³-hybridized carbons (Fsp3) is 0.308. The van der Waals surface area contributed by atoms with Crippen LogP contribution in [0.2, 0.25) is 8.67 Å². The summed E-state index contributed by atoms with van der Waals surface area (Å²) < 4.78 is 6.83. The summed E-state index contributed by atoms with van der Waals surface area (Å²) >= 11 is 13.4. The van der Waals surface area contributed by atoms with Crippen LogP contribution in [0.4, 0.5) is 0 Å².